The molecule has 0 aliphatic rings. The van der Waals surface area contributed by atoms with Gasteiger partial charge in [0.2, 0.25) is 0 Å². The van der Waals surface area contributed by atoms with E-state index in [-0.39, 0.29) is 5.41 Å². The number of hydrogen-bond acceptors (Lipinski definition) is 4. The van der Waals surface area contributed by atoms with Gasteiger partial charge < -0.3 is 0 Å². The van der Waals surface area contributed by atoms with Crippen LogP contribution in [-0.2, 0) is 5.41 Å². The lowest BCUT2D eigenvalue weighted by Crippen LogP contribution is -2.14. The van der Waals surface area contributed by atoms with Gasteiger partial charge in [-0.3, -0.25) is 4.98 Å². The highest BCUT2D eigenvalue weighted by atomic mass is 15.4. The van der Waals surface area contributed by atoms with Gasteiger partial charge in [0.15, 0.2) is 5.82 Å². The van der Waals surface area contributed by atoms with Gasteiger partial charge in [-0.2, -0.15) is 5.10 Å². The molecule has 5 heteroatoms. The quantitative estimate of drug-likeness (QED) is 0.729. The fraction of sp³-hybridized carbons (Fsp3) is 0.455. The molecule has 2 aromatic rings. The van der Waals surface area contributed by atoms with Gasteiger partial charge in [0.05, 0.1) is 18.1 Å². The maximum Gasteiger partial charge on any atom is 0.173 e. The molecule has 0 amide bonds. The fourth-order valence-corrected chi connectivity index (χ4v) is 1.28. The Bertz CT molecular complexity index is 478. The molecule has 0 atom stereocenters. The van der Waals surface area contributed by atoms with Crippen LogP contribution in [0.1, 0.15) is 32.3 Å². The van der Waals surface area contributed by atoms with E-state index < -0.39 is 0 Å². The molecule has 0 spiro atoms. The van der Waals surface area contributed by atoms with E-state index in [9.17, 15) is 0 Å². The van der Waals surface area contributed by atoms with Gasteiger partial charge >= 0.3 is 0 Å². The first-order chi connectivity index (χ1) is 7.47. The summed E-state index contributed by atoms with van der Waals surface area (Å²) >= 11 is 0. The fourth-order valence-electron chi connectivity index (χ4n) is 1.28. The van der Waals surface area contributed by atoms with Crippen LogP contribution in [0.15, 0.2) is 18.7 Å². The molecule has 2 aromatic heterocycles. The average molecular weight is 217 g/mol. The molecule has 2 heterocycles. The van der Waals surface area contributed by atoms with Crippen molar-refractivity contribution < 1.29 is 0 Å². The van der Waals surface area contributed by atoms with Crippen molar-refractivity contribution in [2.75, 3.05) is 0 Å². The van der Waals surface area contributed by atoms with Crippen LogP contribution in [-0.4, -0.2) is 24.7 Å². The van der Waals surface area contributed by atoms with Gasteiger partial charge in [-0.15, -0.1) is 0 Å². The van der Waals surface area contributed by atoms with E-state index in [4.69, 9.17) is 0 Å². The molecule has 0 bridgehead atoms. The van der Waals surface area contributed by atoms with Crippen molar-refractivity contribution in [1.29, 1.82) is 0 Å². The van der Waals surface area contributed by atoms with Crippen molar-refractivity contribution in [1.82, 2.24) is 24.7 Å². The van der Waals surface area contributed by atoms with Crippen LogP contribution in [0.25, 0.3) is 5.82 Å². The second kappa shape index (κ2) is 3.66. The molecule has 0 aliphatic heterocycles. The van der Waals surface area contributed by atoms with Gasteiger partial charge in [-0.25, -0.2) is 14.6 Å². The van der Waals surface area contributed by atoms with Crippen molar-refractivity contribution in [2.45, 2.75) is 33.1 Å². The number of nitrogens with zero attached hydrogens (tertiary/aromatic N) is 5. The topological polar surface area (TPSA) is 56.5 Å². The SMILES string of the molecule is Cc1ncn(-c2cnc(C(C)(C)C)cn2)n1. The van der Waals surface area contributed by atoms with E-state index in [0.717, 1.165) is 11.5 Å². The van der Waals surface area contributed by atoms with E-state index in [1.54, 1.807) is 23.4 Å². The summed E-state index contributed by atoms with van der Waals surface area (Å²) in [5.74, 6) is 1.41. The average Bonchev–Trinajstić information content (AvgIpc) is 2.64. The molecule has 2 rings (SSSR count). The molecule has 0 saturated heterocycles. The predicted molar refractivity (Wildman–Crippen MR) is 60.4 cm³/mol. The van der Waals surface area contributed by atoms with Crippen molar-refractivity contribution in [3.8, 4) is 5.82 Å². The lowest BCUT2D eigenvalue weighted by molar-refractivity contribution is 0.564. The molecule has 0 N–H and O–H groups in total. The van der Waals surface area contributed by atoms with Gasteiger partial charge in [0.25, 0.3) is 0 Å². The van der Waals surface area contributed by atoms with Crippen molar-refractivity contribution in [3.05, 3.63) is 30.2 Å². The molecule has 0 radical (unpaired) electrons. The molecule has 0 saturated carbocycles. The van der Waals surface area contributed by atoms with Crippen LogP contribution >= 0.6 is 0 Å². The highest BCUT2D eigenvalue weighted by Crippen LogP contribution is 2.18. The Hall–Kier alpha value is -1.78. The summed E-state index contributed by atoms with van der Waals surface area (Å²) in [6.45, 7) is 8.16. The van der Waals surface area contributed by atoms with Crippen molar-refractivity contribution >= 4 is 0 Å². The highest BCUT2D eigenvalue weighted by Gasteiger charge is 2.15. The summed E-state index contributed by atoms with van der Waals surface area (Å²) in [6, 6.07) is 0. The van der Waals surface area contributed by atoms with Crippen LogP contribution in [0.5, 0.6) is 0 Å². The van der Waals surface area contributed by atoms with Crippen molar-refractivity contribution in [3.63, 3.8) is 0 Å². The minimum absolute atomic E-state index is 0.0177. The van der Waals surface area contributed by atoms with E-state index in [0.29, 0.717) is 5.82 Å². The zero-order valence-electron chi connectivity index (χ0n) is 9.97. The molecule has 0 aromatic carbocycles. The maximum absolute atomic E-state index is 4.38. The first-order valence-electron chi connectivity index (χ1n) is 5.18. The zero-order valence-corrected chi connectivity index (χ0v) is 9.97. The standard InChI is InChI=1S/C11H15N5/c1-8-14-7-16(15-8)10-6-12-9(5-13-10)11(2,3)4/h5-7H,1-4H3. The summed E-state index contributed by atoms with van der Waals surface area (Å²) in [4.78, 5) is 12.8. The number of aromatic nitrogens is 5. The minimum atomic E-state index is 0.0177. The third-order valence-electron chi connectivity index (χ3n) is 2.25. The lowest BCUT2D eigenvalue weighted by atomic mass is 9.93. The van der Waals surface area contributed by atoms with Crippen LogP contribution in [0.2, 0.25) is 0 Å². The Morgan fingerprint density at radius 3 is 2.25 bits per heavy atom. The van der Waals surface area contributed by atoms with Gasteiger partial charge in [-0.05, 0) is 6.92 Å². The minimum Gasteiger partial charge on any atom is -0.255 e. The largest absolute Gasteiger partial charge is 0.255 e. The lowest BCUT2D eigenvalue weighted by Gasteiger charge is -2.16. The zero-order chi connectivity index (χ0) is 11.8. The second-order valence-electron chi connectivity index (χ2n) is 4.75. The number of rotatable bonds is 1. The molecule has 0 aliphatic carbocycles. The second-order valence-corrected chi connectivity index (χ2v) is 4.75. The summed E-state index contributed by atoms with van der Waals surface area (Å²) < 4.78 is 1.62. The molecule has 84 valence electrons. The Balaban J connectivity index is 2.33. The summed E-state index contributed by atoms with van der Waals surface area (Å²) in [5, 5.41) is 4.18. The molecule has 5 nitrogen and oxygen atoms in total. The van der Waals surface area contributed by atoms with E-state index in [1.165, 1.54) is 0 Å². The first-order valence-corrected chi connectivity index (χ1v) is 5.18. The van der Waals surface area contributed by atoms with Crippen molar-refractivity contribution in [2.24, 2.45) is 0 Å². The summed E-state index contributed by atoms with van der Waals surface area (Å²) in [7, 11) is 0. The molecular formula is C11H15N5. The van der Waals surface area contributed by atoms with Crippen LogP contribution in [0.4, 0.5) is 0 Å². The van der Waals surface area contributed by atoms with Crippen LogP contribution < -0.4 is 0 Å². The predicted octanol–water partition coefficient (Wildman–Crippen LogP) is 1.66. The summed E-state index contributed by atoms with van der Waals surface area (Å²) in [5.41, 5.74) is 0.983. The molecule has 0 fully saturated rings. The third kappa shape index (κ3) is 2.08. The Kier molecular flexibility index (Phi) is 2.46. The Morgan fingerprint density at radius 2 is 1.81 bits per heavy atom. The third-order valence-corrected chi connectivity index (χ3v) is 2.25. The highest BCUT2D eigenvalue weighted by molar-refractivity contribution is 5.19. The van der Waals surface area contributed by atoms with Gasteiger partial charge in [0, 0.05) is 5.41 Å². The van der Waals surface area contributed by atoms with E-state index in [1.807, 2.05) is 6.92 Å². The molecular weight excluding hydrogens is 202 g/mol. The molecule has 0 unspecified atom stereocenters. The van der Waals surface area contributed by atoms with Crippen LogP contribution in [0, 0.1) is 6.92 Å². The molecule has 16 heavy (non-hydrogen) atoms. The number of hydrogen-bond donors (Lipinski definition) is 0. The van der Waals surface area contributed by atoms with Gasteiger partial charge in [-0.1, -0.05) is 20.8 Å². The normalized spacial score (nSPS) is 11.8. The monoisotopic (exact) mass is 217 g/mol. The Labute approximate surface area is 94.6 Å². The maximum atomic E-state index is 4.38. The Morgan fingerprint density at radius 1 is 1.06 bits per heavy atom. The smallest absolute Gasteiger partial charge is 0.173 e. The van der Waals surface area contributed by atoms with E-state index >= 15 is 0 Å². The number of aryl methyl sites for hydroxylation is 1. The van der Waals surface area contributed by atoms with E-state index in [2.05, 4.69) is 40.8 Å². The first kappa shape index (κ1) is 10.7. The van der Waals surface area contributed by atoms with Crippen LogP contribution in [0.3, 0.4) is 0 Å². The van der Waals surface area contributed by atoms with Gasteiger partial charge in [0.1, 0.15) is 12.2 Å². The summed E-state index contributed by atoms with van der Waals surface area (Å²) in [6.07, 6.45) is 5.14.